The van der Waals surface area contributed by atoms with Crippen molar-refractivity contribution in [1.29, 1.82) is 0 Å². The quantitative estimate of drug-likeness (QED) is 0.311. The first-order valence-corrected chi connectivity index (χ1v) is 11.3. The summed E-state index contributed by atoms with van der Waals surface area (Å²) in [4.78, 5) is 18.7. The van der Waals surface area contributed by atoms with E-state index in [0.29, 0.717) is 10.9 Å². The second-order valence-electron chi connectivity index (χ2n) is 5.83. The standard InChI is InChI=1S/C19H15IN2OS3/c1-2-21-17(23)16(26-19(21)24)18-22(11-12-7-9-13(20)10-8-12)14-5-3-4-6-15(14)25-18/h3-10H,2,11H2,1H3/b18-16+. The predicted molar refractivity (Wildman–Crippen MR) is 122 cm³/mol. The van der Waals surface area contributed by atoms with Crippen LogP contribution < -0.4 is 4.90 Å². The van der Waals surface area contributed by atoms with E-state index in [1.54, 1.807) is 16.7 Å². The van der Waals surface area contributed by atoms with Crippen LogP contribution in [-0.2, 0) is 11.3 Å². The molecular weight excluding hydrogens is 495 g/mol. The SMILES string of the molecule is CCN1C(=O)/C(=C2\Sc3ccccc3N2Cc2ccc(I)cc2)SC1=S. The minimum absolute atomic E-state index is 0.0189. The molecular formula is C19H15IN2OS3. The van der Waals surface area contributed by atoms with Gasteiger partial charge in [-0.15, -0.1) is 0 Å². The third kappa shape index (κ3) is 3.30. The van der Waals surface area contributed by atoms with E-state index in [-0.39, 0.29) is 5.91 Å². The zero-order valence-corrected chi connectivity index (χ0v) is 18.5. The Bertz CT molecular complexity index is 927. The summed E-state index contributed by atoms with van der Waals surface area (Å²) >= 11 is 10.8. The van der Waals surface area contributed by atoms with Crippen LogP contribution in [0.25, 0.3) is 0 Å². The topological polar surface area (TPSA) is 23.6 Å². The first-order chi connectivity index (χ1) is 12.6. The number of carbonyl (C=O) groups is 1. The van der Waals surface area contributed by atoms with Crippen LogP contribution in [0.2, 0.25) is 0 Å². The third-order valence-electron chi connectivity index (χ3n) is 4.22. The van der Waals surface area contributed by atoms with Crippen molar-refractivity contribution in [1.82, 2.24) is 4.90 Å². The molecule has 2 heterocycles. The number of amides is 1. The van der Waals surface area contributed by atoms with Gasteiger partial charge in [0.25, 0.3) is 5.91 Å². The summed E-state index contributed by atoms with van der Waals surface area (Å²) in [5.41, 5.74) is 2.36. The van der Waals surface area contributed by atoms with Crippen molar-refractivity contribution >= 4 is 74.2 Å². The molecule has 0 saturated carbocycles. The number of fused-ring (bicyclic) bond motifs is 1. The highest BCUT2D eigenvalue weighted by Gasteiger charge is 2.38. The van der Waals surface area contributed by atoms with Gasteiger partial charge in [0, 0.05) is 21.6 Å². The number of rotatable bonds is 3. The van der Waals surface area contributed by atoms with Crippen LogP contribution in [0, 0.1) is 3.57 Å². The predicted octanol–water partition coefficient (Wildman–Crippen LogP) is 5.45. The Morgan fingerprint density at radius 2 is 1.77 bits per heavy atom. The molecule has 0 aliphatic carbocycles. The molecule has 3 nitrogen and oxygen atoms in total. The maximum atomic E-state index is 12.8. The molecule has 0 bridgehead atoms. The van der Waals surface area contributed by atoms with E-state index in [9.17, 15) is 4.79 Å². The lowest BCUT2D eigenvalue weighted by atomic mass is 10.2. The fraction of sp³-hybridized carbons (Fsp3) is 0.158. The van der Waals surface area contributed by atoms with Crippen molar-refractivity contribution in [2.75, 3.05) is 11.4 Å². The number of nitrogens with zero attached hydrogens (tertiary/aromatic N) is 2. The Hall–Kier alpha value is -1.03. The molecule has 0 N–H and O–H groups in total. The molecule has 26 heavy (non-hydrogen) atoms. The number of hydrogen-bond acceptors (Lipinski definition) is 5. The summed E-state index contributed by atoms with van der Waals surface area (Å²) in [7, 11) is 0. The molecule has 0 aromatic heterocycles. The van der Waals surface area contributed by atoms with Crippen LogP contribution in [0.4, 0.5) is 5.69 Å². The highest BCUT2D eigenvalue weighted by Crippen LogP contribution is 2.51. The van der Waals surface area contributed by atoms with Crippen molar-refractivity contribution in [3.63, 3.8) is 0 Å². The number of para-hydroxylation sites is 1. The van der Waals surface area contributed by atoms with Crippen LogP contribution in [0.3, 0.4) is 0 Å². The number of carbonyl (C=O) groups excluding carboxylic acids is 1. The largest absolute Gasteiger partial charge is 0.329 e. The Morgan fingerprint density at radius 3 is 2.46 bits per heavy atom. The fourth-order valence-corrected chi connectivity index (χ4v) is 5.99. The molecule has 0 unspecified atom stereocenters. The number of likely N-dealkylation sites (N-methyl/N-ethyl adjacent to an activating group) is 1. The van der Waals surface area contributed by atoms with E-state index < -0.39 is 0 Å². The molecule has 4 rings (SSSR count). The Morgan fingerprint density at radius 1 is 1.04 bits per heavy atom. The van der Waals surface area contributed by atoms with Crippen LogP contribution in [0.5, 0.6) is 0 Å². The van der Waals surface area contributed by atoms with Gasteiger partial charge in [-0.3, -0.25) is 9.69 Å². The molecule has 2 aliphatic heterocycles. The monoisotopic (exact) mass is 510 g/mol. The molecule has 0 radical (unpaired) electrons. The maximum absolute atomic E-state index is 12.8. The van der Waals surface area contributed by atoms with Crippen molar-refractivity contribution in [2.24, 2.45) is 0 Å². The van der Waals surface area contributed by atoms with Gasteiger partial charge < -0.3 is 4.90 Å². The van der Waals surface area contributed by atoms with Crippen molar-refractivity contribution in [3.05, 3.63) is 67.6 Å². The third-order valence-corrected chi connectivity index (χ3v) is 7.69. The number of thioether (sulfide) groups is 2. The summed E-state index contributed by atoms with van der Waals surface area (Å²) in [6, 6.07) is 16.8. The van der Waals surface area contributed by atoms with Gasteiger partial charge in [0.15, 0.2) is 0 Å². The number of anilines is 1. The van der Waals surface area contributed by atoms with Gasteiger partial charge >= 0.3 is 0 Å². The van der Waals surface area contributed by atoms with E-state index in [1.165, 1.54) is 25.8 Å². The van der Waals surface area contributed by atoms with E-state index in [0.717, 1.165) is 22.2 Å². The molecule has 2 aromatic carbocycles. The minimum atomic E-state index is 0.0189. The lowest BCUT2D eigenvalue weighted by Gasteiger charge is -2.21. The second kappa shape index (κ2) is 7.53. The minimum Gasteiger partial charge on any atom is -0.329 e. The molecule has 1 fully saturated rings. The van der Waals surface area contributed by atoms with Gasteiger partial charge in [-0.05, 0) is 59.3 Å². The van der Waals surface area contributed by atoms with Crippen LogP contribution in [0.1, 0.15) is 12.5 Å². The summed E-state index contributed by atoms with van der Waals surface area (Å²) in [6.07, 6.45) is 0. The smallest absolute Gasteiger partial charge is 0.268 e. The first-order valence-electron chi connectivity index (χ1n) is 8.15. The Balaban J connectivity index is 1.76. The highest BCUT2D eigenvalue weighted by atomic mass is 127. The zero-order valence-electron chi connectivity index (χ0n) is 13.9. The summed E-state index contributed by atoms with van der Waals surface area (Å²) in [6.45, 7) is 3.29. The first kappa shape index (κ1) is 18.3. The average Bonchev–Trinajstić information content (AvgIpc) is 3.14. The highest BCUT2D eigenvalue weighted by molar-refractivity contribution is 14.1. The molecule has 7 heteroatoms. The molecule has 132 valence electrons. The number of hydrogen-bond donors (Lipinski definition) is 0. The van der Waals surface area contributed by atoms with Crippen molar-refractivity contribution < 1.29 is 4.79 Å². The second-order valence-corrected chi connectivity index (χ2v) is 9.75. The molecule has 2 aliphatic rings. The number of halogens is 1. The number of benzene rings is 2. The van der Waals surface area contributed by atoms with Gasteiger partial charge in [-0.2, -0.15) is 0 Å². The Labute approximate surface area is 180 Å². The van der Waals surface area contributed by atoms with E-state index in [1.807, 2.05) is 19.1 Å². The molecule has 0 atom stereocenters. The lowest BCUT2D eigenvalue weighted by molar-refractivity contribution is -0.122. The van der Waals surface area contributed by atoms with Gasteiger partial charge in [0.05, 0.1) is 5.69 Å². The van der Waals surface area contributed by atoms with Crippen molar-refractivity contribution in [3.8, 4) is 0 Å². The molecule has 0 spiro atoms. The summed E-state index contributed by atoms with van der Waals surface area (Å²) in [5.74, 6) is 0.0189. The van der Waals surface area contributed by atoms with Crippen LogP contribution >= 0.6 is 58.3 Å². The van der Waals surface area contributed by atoms with Gasteiger partial charge in [0.2, 0.25) is 0 Å². The molecule has 1 amide bonds. The number of thiocarbonyl (C=S) groups is 1. The average molecular weight is 510 g/mol. The lowest BCUT2D eigenvalue weighted by Crippen LogP contribution is -2.28. The maximum Gasteiger partial charge on any atom is 0.268 e. The van der Waals surface area contributed by atoms with Crippen LogP contribution in [0.15, 0.2) is 63.4 Å². The van der Waals surface area contributed by atoms with Gasteiger partial charge in [-0.1, -0.05) is 60.0 Å². The zero-order chi connectivity index (χ0) is 18.3. The summed E-state index contributed by atoms with van der Waals surface area (Å²) < 4.78 is 1.86. The van der Waals surface area contributed by atoms with E-state index >= 15 is 0 Å². The molecule has 1 saturated heterocycles. The van der Waals surface area contributed by atoms with E-state index in [2.05, 4.69) is 63.9 Å². The fourth-order valence-electron chi connectivity index (χ4n) is 2.93. The molecule has 2 aromatic rings. The van der Waals surface area contributed by atoms with E-state index in [4.69, 9.17) is 12.2 Å². The van der Waals surface area contributed by atoms with Crippen LogP contribution in [-0.4, -0.2) is 21.7 Å². The van der Waals surface area contributed by atoms with Crippen molar-refractivity contribution in [2.45, 2.75) is 18.4 Å². The van der Waals surface area contributed by atoms with Gasteiger partial charge in [-0.25, -0.2) is 0 Å². The van der Waals surface area contributed by atoms with Gasteiger partial charge in [0.1, 0.15) is 14.3 Å². The normalized spacial score (nSPS) is 19.5. The summed E-state index contributed by atoms with van der Waals surface area (Å²) in [5, 5.41) is 0.984. The Kier molecular flexibility index (Phi) is 5.31.